The van der Waals surface area contributed by atoms with E-state index in [1.807, 2.05) is 31.4 Å². The van der Waals surface area contributed by atoms with Crippen LogP contribution in [0.2, 0.25) is 0 Å². The molecule has 0 N–H and O–H groups in total. The number of rotatable bonds is 5. The Morgan fingerprint density at radius 2 is 1.90 bits per heavy atom. The van der Waals surface area contributed by atoms with Crippen LogP contribution in [-0.2, 0) is 21.1 Å². The monoisotopic (exact) mass is 426 g/mol. The van der Waals surface area contributed by atoms with Gasteiger partial charge in [-0.3, -0.25) is 4.79 Å². The number of anilines is 1. The molecule has 2 aromatic carbocycles. The van der Waals surface area contributed by atoms with Crippen molar-refractivity contribution in [1.29, 1.82) is 0 Å². The first-order valence-electron chi connectivity index (χ1n) is 9.49. The molecular weight excluding hydrogens is 404 g/mol. The normalized spacial score (nSPS) is 13.5. The van der Waals surface area contributed by atoms with Crippen molar-refractivity contribution in [2.24, 2.45) is 0 Å². The summed E-state index contributed by atoms with van der Waals surface area (Å²) in [6.07, 6.45) is 0.741. The Hall–Kier alpha value is -2.51. The van der Waals surface area contributed by atoms with Crippen molar-refractivity contribution in [2.45, 2.75) is 31.6 Å². The van der Waals surface area contributed by atoms with Crippen LogP contribution in [0, 0.1) is 13.8 Å². The first kappa shape index (κ1) is 19.8. The third kappa shape index (κ3) is 4.11. The highest BCUT2D eigenvalue weighted by atomic mass is 32.2. The van der Waals surface area contributed by atoms with Gasteiger partial charge in [0, 0.05) is 29.6 Å². The summed E-state index contributed by atoms with van der Waals surface area (Å²) in [7, 11) is -3.47. The average molecular weight is 427 g/mol. The predicted octanol–water partition coefficient (Wildman–Crippen LogP) is 4.18. The van der Waals surface area contributed by atoms with Crippen molar-refractivity contribution in [3.63, 3.8) is 0 Å². The minimum atomic E-state index is -3.47. The SMILES string of the molecule is Cc1ccc(S(=O)(=O)CCC(=O)N2CCc3cc(-c4csc(C)n4)ccc32)cc1. The Morgan fingerprint density at radius 1 is 1.14 bits per heavy atom. The van der Waals surface area contributed by atoms with Crippen LogP contribution >= 0.6 is 11.3 Å². The third-order valence-electron chi connectivity index (χ3n) is 5.16. The lowest BCUT2D eigenvalue weighted by Crippen LogP contribution is -2.30. The van der Waals surface area contributed by atoms with Crippen LogP contribution < -0.4 is 4.90 Å². The van der Waals surface area contributed by atoms with E-state index in [2.05, 4.69) is 11.1 Å². The minimum absolute atomic E-state index is 0.0251. The summed E-state index contributed by atoms with van der Waals surface area (Å²) in [6, 6.07) is 12.7. The summed E-state index contributed by atoms with van der Waals surface area (Å²) in [6.45, 7) is 4.47. The smallest absolute Gasteiger partial charge is 0.228 e. The number of amides is 1. The molecule has 1 aliphatic heterocycles. The van der Waals surface area contributed by atoms with Crippen molar-refractivity contribution in [3.8, 4) is 11.3 Å². The summed E-state index contributed by atoms with van der Waals surface area (Å²) in [5, 5.41) is 3.05. The van der Waals surface area contributed by atoms with Gasteiger partial charge in [-0.15, -0.1) is 11.3 Å². The predicted molar refractivity (Wildman–Crippen MR) is 116 cm³/mol. The Morgan fingerprint density at radius 3 is 2.59 bits per heavy atom. The molecule has 5 nitrogen and oxygen atoms in total. The first-order chi connectivity index (χ1) is 13.8. The van der Waals surface area contributed by atoms with E-state index in [4.69, 9.17) is 0 Å². The Labute approximate surface area is 175 Å². The number of sulfone groups is 1. The minimum Gasteiger partial charge on any atom is -0.312 e. The van der Waals surface area contributed by atoms with E-state index in [0.717, 1.165) is 39.5 Å². The zero-order valence-corrected chi connectivity index (χ0v) is 18.0. The van der Waals surface area contributed by atoms with Crippen LogP contribution in [0.4, 0.5) is 5.69 Å². The molecule has 0 radical (unpaired) electrons. The second kappa shape index (κ2) is 7.72. The quantitative estimate of drug-likeness (QED) is 0.614. The van der Waals surface area contributed by atoms with E-state index in [0.29, 0.717) is 6.54 Å². The Balaban J connectivity index is 1.46. The van der Waals surface area contributed by atoms with Gasteiger partial charge in [-0.2, -0.15) is 0 Å². The van der Waals surface area contributed by atoms with Crippen molar-refractivity contribution in [2.75, 3.05) is 17.2 Å². The third-order valence-corrected chi connectivity index (χ3v) is 7.66. The van der Waals surface area contributed by atoms with Gasteiger partial charge in [0.1, 0.15) is 0 Å². The van der Waals surface area contributed by atoms with E-state index >= 15 is 0 Å². The van der Waals surface area contributed by atoms with Gasteiger partial charge in [-0.25, -0.2) is 13.4 Å². The van der Waals surface area contributed by atoms with Gasteiger partial charge in [0.25, 0.3) is 0 Å². The maximum absolute atomic E-state index is 12.7. The zero-order valence-electron chi connectivity index (χ0n) is 16.4. The van der Waals surface area contributed by atoms with E-state index in [-0.39, 0.29) is 23.0 Å². The molecule has 0 saturated heterocycles. The van der Waals surface area contributed by atoms with Crippen molar-refractivity contribution < 1.29 is 13.2 Å². The van der Waals surface area contributed by atoms with Gasteiger partial charge in [0.2, 0.25) is 5.91 Å². The number of aromatic nitrogens is 1. The van der Waals surface area contributed by atoms with Crippen molar-refractivity contribution >= 4 is 32.8 Å². The number of nitrogens with zero attached hydrogens (tertiary/aromatic N) is 2. The van der Waals surface area contributed by atoms with Crippen molar-refractivity contribution in [1.82, 2.24) is 4.98 Å². The standard InChI is InChI=1S/C22H22N2O3S2/c1-15-3-6-19(7-4-15)29(26,27)12-10-22(25)24-11-9-18-13-17(5-8-21(18)24)20-14-28-16(2)23-20/h3-8,13-14H,9-12H2,1-2H3. The van der Waals surface area contributed by atoms with Crippen LogP contribution in [-0.4, -0.2) is 31.6 Å². The Kier molecular flexibility index (Phi) is 5.27. The fourth-order valence-corrected chi connectivity index (χ4v) is 5.39. The number of fused-ring (bicyclic) bond motifs is 1. The lowest BCUT2D eigenvalue weighted by atomic mass is 10.1. The average Bonchev–Trinajstić information content (AvgIpc) is 3.32. The molecule has 0 bridgehead atoms. The lowest BCUT2D eigenvalue weighted by molar-refractivity contribution is -0.118. The van der Waals surface area contributed by atoms with Gasteiger partial charge in [-0.1, -0.05) is 23.8 Å². The van der Waals surface area contributed by atoms with Gasteiger partial charge in [0.15, 0.2) is 9.84 Å². The Bertz CT molecular complexity index is 1170. The van der Waals surface area contributed by atoms with Crippen molar-refractivity contribution in [3.05, 3.63) is 64.0 Å². The van der Waals surface area contributed by atoms with Crippen LogP contribution in [0.3, 0.4) is 0 Å². The van der Waals surface area contributed by atoms with Crippen LogP contribution in [0.5, 0.6) is 0 Å². The first-order valence-corrected chi connectivity index (χ1v) is 12.0. The molecule has 7 heteroatoms. The van der Waals surface area contributed by atoms with Gasteiger partial charge >= 0.3 is 0 Å². The molecule has 1 aliphatic rings. The van der Waals surface area contributed by atoms with Gasteiger partial charge < -0.3 is 4.90 Å². The highest BCUT2D eigenvalue weighted by Crippen LogP contribution is 2.33. The molecule has 1 aromatic heterocycles. The van der Waals surface area contributed by atoms with Crippen LogP contribution in [0.15, 0.2) is 52.7 Å². The molecule has 3 aromatic rings. The van der Waals surface area contributed by atoms with Crippen LogP contribution in [0.1, 0.15) is 22.6 Å². The second-order valence-electron chi connectivity index (χ2n) is 7.27. The second-order valence-corrected chi connectivity index (χ2v) is 10.4. The van der Waals surface area contributed by atoms with E-state index in [1.165, 1.54) is 0 Å². The number of aryl methyl sites for hydroxylation is 2. The topological polar surface area (TPSA) is 67.3 Å². The van der Waals surface area contributed by atoms with E-state index < -0.39 is 9.84 Å². The number of carbonyl (C=O) groups excluding carboxylic acids is 1. The molecule has 0 spiro atoms. The molecule has 0 fully saturated rings. The highest BCUT2D eigenvalue weighted by Gasteiger charge is 2.26. The largest absolute Gasteiger partial charge is 0.312 e. The summed E-state index contributed by atoms with van der Waals surface area (Å²) >= 11 is 1.61. The highest BCUT2D eigenvalue weighted by molar-refractivity contribution is 7.91. The number of hydrogen-bond donors (Lipinski definition) is 0. The lowest BCUT2D eigenvalue weighted by Gasteiger charge is -2.17. The molecular formula is C22H22N2O3S2. The molecule has 0 saturated carbocycles. The summed E-state index contributed by atoms with van der Waals surface area (Å²) in [4.78, 5) is 19.2. The number of benzene rings is 2. The maximum Gasteiger partial charge on any atom is 0.228 e. The van der Waals surface area contributed by atoms with Gasteiger partial charge in [0.05, 0.1) is 21.3 Å². The fraction of sp³-hybridized carbons (Fsp3) is 0.273. The molecule has 0 aliphatic carbocycles. The van der Waals surface area contributed by atoms with E-state index in [9.17, 15) is 13.2 Å². The molecule has 0 unspecified atom stereocenters. The zero-order chi connectivity index (χ0) is 20.6. The molecule has 4 rings (SSSR count). The number of carbonyl (C=O) groups is 1. The number of thiazole rings is 1. The number of hydrogen-bond acceptors (Lipinski definition) is 5. The van der Waals surface area contributed by atoms with E-state index in [1.54, 1.807) is 40.5 Å². The summed E-state index contributed by atoms with van der Waals surface area (Å²) in [5.74, 6) is -0.339. The van der Waals surface area contributed by atoms with Crippen LogP contribution in [0.25, 0.3) is 11.3 Å². The molecule has 29 heavy (non-hydrogen) atoms. The summed E-state index contributed by atoms with van der Waals surface area (Å²) < 4.78 is 25.1. The van der Waals surface area contributed by atoms with Gasteiger partial charge in [-0.05, 0) is 50.1 Å². The maximum atomic E-state index is 12.7. The molecule has 2 heterocycles. The molecule has 1 amide bonds. The molecule has 150 valence electrons. The molecule has 0 atom stereocenters. The summed E-state index contributed by atoms with van der Waals surface area (Å²) in [5.41, 5.74) is 4.97. The fourth-order valence-electron chi connectivity index (χ4n) is 3.54.